The van der Waals surface area contributed by atoms with Crippen LogP contribution < -0.4 is 10.1 Å². The summed E-state index contributed by atoms with van der Waals surface area (Å²) in [5, 5.41) is 3.04. The molecular formula is C13H14F2N4OS. The van der Waals surface area contributed by atoms with Gasteiger partial charge in [-0.1, -0.05) is 0 Å². The predicted molar refractivity (Wildman–Crippen MR) is 75.6 cm³/mol. The third-order valence-electron chi connectivity index (χ3n) is 2.25. The summed E-state index contributed by atoms with van der Waals surface area (Å²) in [6.45, 7) is 3.69. The highest BCUT2D eigenvalue weighted by Gasteiger charge is 2.12. The third kappa shape index (κ3) is 4.25. The van der Waals surface area contributed by atoms with Crippen molar-refractivity contribution in [2.45, 2.75) is 30.0 Å². The Morgan fingerprint density at radius 3 is 2.57 bits per heavy atom. The van der Waals surface area contributed by atoms with Crippen LogP contribution in [0.4, 0.5) is 14.7 Å². The van der Waals surface area contributed by atoms with Crippen LogP contribution in [-0.4, -0.2) is 28.1 Å². The molecule has 2 rings (SSSR count). The summed E-state index contributed by atoms with van der Waals surface area (Å²) in [4.78, 5) is 12.5. The Labute approximate surface area is 125 Å². The standard InChI is InChI=1S/C13H14F2N4OS/c1-7(2)20-12-17-11(16-3)18-13(19-12)21-10-5-4-8(14)6-9(10)15/h4-7H,1-3H3,(H,16,17,18,19). The van der Waals surface area contributed by atoms with Crippen LogP contribution in [0.25, 0.3) is 0 Å². The van der Waals surface area contributed by atoms with Crippen LogP contribution >= 0.6 is 11.8 Å². The van der Waals surface area contributed by atoms with Gasteiger partial charge in [0.2, 0.25) is 11.1 Å². The van der Waals surface area contributed by atoms with Crippen molar-refractivity contribution >= 4 is 17.7 Å². The molecule has 0 spiro atoms. The molecule has 112 valence electrons. The van der Waals surface area contributed by atoms with Gasteiger partial charge in [0.05, 0.1) is 11.0 Å². The molecule has 1 N–H and O–H groups in total. The first-order valence-electron chi connectivity index (χ1n) is 6.21. The van der Waals surface area contributed by atoms with E-state index < -0.39 is 11.6 Å². The van der Waals surface area contributed by atoms with Gasteiger partial charge >= 0.3 is 6.01 Å². The van der Waals surface area contributed by atoms with Crippen molar-refractivity contribution in [3.63, 3.8) is 0 Å². The molecule has 0 aliphatic rings. The molecule has 0 amide bonds. The molecule has 0 radical (unpaired) electrons. The number of halogens is 2. The zero-order chi connectivity index (χ0) is 15.4. The van der Waals surface area contributed by atoms with Gasteiger partial charge in [-0.15, -0.1) is 0 Å². The minimum absolute atomic E-state index is 0.0995. The van der Waals surface area contributed by atoms with E-state index in [2.05, 4.69) is 20.3 Å². The maximum atomic E-state index is 13.7. The first-order valence-corrected chi connectivity index (χ1v) is 7.03. The summed E-state index contributed by atoms with van der Waals surface area (Å²) in [5.74, 6) is -0.990. The highest BCUT2D eigenvalue weighted by molar-refractivity contribution is 7.99. The average molecular weight is 312 g/mol. The number of nitrogens with zero attached hydrogens (tertiary/aromatic N) is 3. The van der Waals surface area contributed by atoms with E-state index in [-0.39, 0.29) is 22.2 Å². The largest absolute Gasteiger partial charge is 0.461 e. The Balaban J connectivity index is 2.29. The Bertz CT molecular complexity index is 640. The lowest BCUT2D eigenvalue weighted by Gasteiger charge is -2.10. The van der Waals surface area contributed by atoms with Gasteiger partial charge in [-0.3, -0.25) is 0 Å². The first-order chi connectivity index (χ1) is 9.97. The molecule has 0 unspecified atom stereocenters. The van der Waals surface area contributed by atoms with Crippen molar-refractivity contribution in [2.24, 2.45) is 0 Å². The van der Waals surface area contributed by atoms with E-state index in [1.807, 2.05) is 13.8 Å². The summed E-state index contributed by atoms with van der Waals surface area (Å²) < 4.78 is 32.0. The molecule has 0 atom stereocenters. The van der Waals surface area contributed by atoms with Crippen LogP contribution in [0.15, 0.2) is 28.3 Å². The van der Waals surface area contributed by atoms with Crippen LogP contribution in [-0.2, 0) is 0 Å². The van der Waals surface area contributed by atoms with Crippen molar-refractivity contribution in [1.29, 1.82) is 0 Å². The molecule has 5 nitrogen and oxygen atoms in total. The number of hydrogen-bond acceptors (Lipinski definition) is 6. The number of rotatable bonds is 5. The fraction of sp³-hybridized carbons (Fsp3) is 0.308. The second-order valence-electron chi connectivity index (χ2n) is 4.32. The van der Waals surface area contributed by atoms with Crippen LogP contribution in [0.3, 0.4) is 0 Å². The fourth-order valence-corrected chi connectivity index (χ4v) is 2.16. The summed E-state index contributed by atoms with van der Waals surface area (Å²) >= 11 is 0.970. The molecule has 0 aliphatic heterocycles. The topological polar surface area (TPSA) is 59.9 Å². The van der Waals surface area contributed by atoms with E-state index >= 15 is 0 Å². The second kappa shape index (κ2) is 6.66. The molecule has 0 saturated carbocycles. The molecule has 0 bridgehead atoms. The van der Waals surface area contributed by atoms with Crippen molar-refractivity contribution in [3.05, 3.63) is 29.8 Å². The number of benzene rings is 1. The summed E-state index contributed by atoms with van der Waals surface area (Å²) in [6, 6.07) is 3.47. The van der Waals surface area contributed by atoms with Gasteiger partial charge in [-0.05, 0) is 37.7 Å². The summed E-state index contributed by atoms with van der Waals surface area (Å²) in [5.41, 5.74) is 0. The molecule has 0 aliphatic carbocycles. The summed E-state index contributed by atoms with van der Waals surface area (Å²) in [7, 11) is 1.65. The minimum Gasteiger partial charge on any atom is -0.461 e. The fourth-order valence-electron chi connectivity index (χ4n) is 1.42. The number of nitrogens with one attached hydrogen (secondary N) is 1. The lowest BCUT2D eigenvalue weighted by molar-refractivity contribution is 0.219. The van der Waals surface area contributed by atoms with E-state index in [4.69, 9.17) is 4.74 Å². The lowest BCUT2D eigenvalue weighted by atomic mass is 10.3. The lowest BCUT2D eigenvalue weighted by Crippen LogP contribution is -2.11. The SMILES string of the molecule is CNc1nc(OC(C)C)nc(Sc2ccc(F)cc2F)n1. The zero-order valence-electron chi connectivity index (χ0n) is 11.7. The Kier molecular flexibility index (Phi) is 4.89. The first kappa shape index (κ1) is 15.4. The van der Waals surface area contributed by atoms with Crippen LogP contribution in [0.2, 0.25) is 0 Å². The summed E-state index contributed by atoms with van der Waals surface area (Å²) in [6.07, 6.45) is -0.0995. The molecule has 8 heteroatoms. The van der Waals surface area contributed by atoms with Crippen molar-refractivity contribution in [2.75, 3.05) is 12.4 Å². The van der Waals surface area contributed by atoms with Gasteiger partial charge < -0.3 is 10.1 Å². The highest BCUT2D eigenvalue weighted by Crippen LogP contribution is 2.29. The van der Waals surface area contributed by atoms with Gasteiger partial charge in [0, 0.05) is 13.1 Å². The number of ether oxygens (including phenoxy) is 1. The Morgan fingerprint density at radius 1 is 1.19 bits per heavy atom. The van der Waals surface area contributed by atoms with E-state index in [9.17, 15) is 8.78 Å². The average Bonchev–Trinajstić information content (AvgIpc) is 2.41. The second-order valence-corrected chi connectivity index (χ2v) is 5.33. The van der Waals surface area contributed by atoms with Gasteiger partial charge in [0.1, 0.15) is 11.6 Å². The van der Waals surface area contributed by atoms with Gasteiger partial charge in [-0.2, -0.15) is 15.0 Å². The normalized spacial score (nSPS) is 10.8. The molecule has 1 heterocycles. The molecule has 1 aromatic carbocycles. The molecule has 0 fully saturated rings. The number of anilines is 1. The van der Waals surface area contributed by atoms with Gasteiger partial charge in [0.15, 0.2) is 0 Å². The van der Waals surface area contributed by atoms with Crippen LogP contribution in [0.1, 0.15) is 13.8 Å². The van der Waals surface area contributed by atoms with Crippen molar-refractivity contribution < 1.29 is 13.5 Å². The minimum atomic E-state index is -0.669. The molecule has 2 aromatic rings. The molecule has 1 aromatic heterocycles. The number of hydrogen-bond donors (Lipinski definition) is 1. The van der Waals surface area contributed by atoms with Crippen LogP contribution in [0.5, 0.6) is 6.01 Å². The van der Waals surface area contributed by atoms with E-state index in [1.54, 1.807) is 7.05 Å². The van der Waals surface area contributed by atoms with E-state index in [1.165, 1.54) is 12.1 Å². The molecule has 21 heavy (non-hydrogen) atoms. The monoisotopic (exact) mass is 312 g/mol. The van der Waals surface area contributed by atoms with E-state index in [0.717, 1.165) is 17.8 Å². The third-order valence-corrected chi connectivity index (χ3v) is 3.17. The van der Waals surface area contributed by atoms with Crippen molar-refractivity contribution in [1.82, 2.24) is 15.0 Å². The zero-order valence-corrected chi connectivity index (χ0v) is 12.5. The van der Waals surface area contributed by atoms with Gasteiger partial charge in [-0.25, -0.2) is 8.78 Å². The predicted octanol–water partition coefficient (Wildman–Crippen LogP) is 3.13. The number of aromatic nitrogens is 3. The van der Waals surface area contributed by atoms with Gasteiger partial charge in [0.25, 0.3) is 0 Å². The molecular weight excluding hydrogens is 298 g/mol. The van der Waals surface area contributed by atoms with Crippen LogP contribution in [0, 0.1) is 11.6 Å². The smallest absolute Gasteiger partial charge is 0.322 e. The maximum Gasteiger partial charge on any atom is 0.322 e. The Morgan fingerprint density at radius 2 is 1.95 bits per heavy atom. The molecule has 0 saturated heterocycles. The maximum absolute atomic E-state index is 13.7. The van der Waals surface area contributed by atoms with Crippen molar-refractivity contribution in [3.8, 4) is 6.01 Å². The quantitative estimate of drug-likeness (QED) is 0.915. The van der Waals surface area contributed by atoms with E-state index in [0.29, 0.717) is 5.95 Å². The Hall–Kier alpha value is -1.96. The highest BCUT2D eigenvalue weighted by atomic mass is 32.2.